The van der Waals surface area contributed by atoms with Gasteiger partial charge in [-0.2, -0.15) is 0 Å². The molecule has 0 saturated carbocycles. The quantitative estimate of drug-likeness (QED) is 0.638. The smallest absolute Gasteiger partial charge is 0.410 e. The van der Waals surface area contributed by atoms with Crippen LogP contribution >= 0.6 is 0 Å². The number of Topliss-reactive ketones (excluding diaryl/α,β-unsaturated/α-hetero) is 1. The normalized spacial score (nSPS) is 11.2. The standard InChI is InChI=1S/C14H27NO4/c1-14(2,3)19-13(17)15(4)10-9-12(16)8-6-7-11-18-5/h6-11H2,1-5H3. The molecule has 0 spiro atoms. The van der Waals surface area contributed by atoms with Crippen molar-refractivity contribution in [2.45, 2.75) is 52.1 Å². The van der Waals surface area contributed by atoms with Crippen LogP contribution in [-0.4, -0.2) is 49.7 Å². The second-order valence-corrected chi connectivity index (χ2v) is 5.64. The van der Waals surface area contributed by atoms with Gasteiger partial charge in [0.1, 0.15) is 11.4 Å². The fourth-order valence-corrected chi connectivity index (χ4v) is 1.42. The first-order valence-corrected chi connectivity index (χ1v) is 6.71. The third-order valence-corrected chi connectivity index (χ3v) is 2.49. The van der Waals surface area contributed by atoms with Gasteiger partial charge in [-0.1, -0.05) is 0 Å². The van der Waals surface area contributed by atoms with Crippen molar-refractivity contribution in [3.63, 3.8) is 0 Å². The Bertz CT molecular complexity index is 284. The minimum atomic E-state index is -0.504. The number of hydrogen-bond acceptors (Lipinski definition) is 4. The van der Waals surface area contributed by atoms with Crippen LogP contribution in [0.5, 0.6) is 0 Å². The number of rotatable bonds is 8. The lowest BCUT2D eigenvalue weighted by molar-refractivity contribution is -0.119. The summed E-state index contributed by atoms with van der Waals surface area (Å²) in [5.74, 6) is 0.173. The molecule has 0 rings (SSSR count). The summed E-state index contributed by atoms with van der Waals surface area (Å²) in [6.07, 6.45) is 2.26. The highest BCUT2D eigenvalue weighted by Crippen LogP contribution is 2.09. The van der Waals surface area contributed by atoms with Crippen LogP contribution < -0.4 is 0 Å². The van der Waals surface area contributed by atoms with Crippen LogP contribution in [0.4, 0.5) is 4.79 Å². The second kappa shape index (κ2) is 8.91. The van der Waals surface area contributed by atoms with Gasteiger partial charge in [0, 0.05) is 40.2 Å². The number of hydrogen-bond donors (Lipinski definition) is 0. The Morgan fingerprint density at radius 1 is 1.11 bits per heavy atom. The van der Waals surface area contributed by atoms with E-state index in [9.17, 15) is 9.59 Å². The lowest BCUT2D eigenvalue weighted by Gasteiger charge is -2.24. The van der Waals surface area contributed by atoms with Crippen molar-refractivity contribution in [2.24, 2.45) is 0 Å². The largest absolute Gasteiger partial charge is 0.444 e. The molecule has 112 valence electrons. The Morgan fingerprint density at radius 2 is 1.74 bits per heavy atom. The van der Waals surface area contributed by atoms with Gasteiger partial charge in [-0.05, 0) is 33.6 Å². The molecule has 1 amide bonds. The molecule has 0 aromatic heterocycles. The molecule has 0 aromatic carbocycles. The molecule has 0 aliphatic heterocycles. The average molecular weight is 273 g/mol. The minimum absolute atomic E-state index is 0.173. The van der Waals surface area contributed by atoms with E-state index in [0.717, 1.165) is 12.8 Å². The number of unbranched alkanes of at least 4 members (excludes halogenated alkanes) is 1. The van der Waals surface area contributed by atoms with E-state index in [2.05, 4.69) is 0 Å². The first-order valence-electron chi connectivity index (χ1n) is 6.71. The van der Waals surface area contributed by atoms with E-state index in [1.165, 1.54) is 4.90 Å². The fourth-order valence-electron chi connectivity index (χ4n) is 1.42. The van der Waals surface area contributed by atoms with Gasteiger partial charge < -0.3 is 14.4 Å². The molecule has 0 aliphatic carbocycles. The van der Waals surface area contributed by atoms with Crippen LogP contribution in [0.25, 0.3) is 0 Å². The molecule has 0 N–H and O–H groups in total. The zero-order valence-electron chi connectivity index (χ0n) is 12.8. The van der Waals surface area contributed by atoms with Crippen LogP contribution in [0, 0.1) is 0 Å². The molecular formula is C14H27NO4. The maximum atomic E-state index is 11.6. The summed E-state index contributed by atoms with van der Waals surface area (Å²) < 4.78 is 10.1. The fraction of sp³-hybridized carbons (Fsp3) is 0.857. The van der Waals surface area contributed by atoms with E-state index >= 15 is 0 Å². The molecule has 0 aliphatic rings. The molecule has 0 unspecified atom stereocenters. The van der Waals surface area contributed by atoms with Crippen LogP contribution in [0.2, 0.25) is 0 Å². The predicted molar refractivity (Wildman–Crippen MR) is 74.2 cm³/mol. The Kier molecular flexibility index (Phi) is 8.39. The SMILES string of the molecule is COCCCCC(=O)CCN(C)C(=O)OC(C)(C)C. The third-order valence-electron chi connectivity index (χ3n) is 2.49. The molecule has 0 aromatic rings. The van der Waals surface area contributed by atoms with Crippen molar-refractivity contribution < 1.29 is 19.1 Å². The van der Waals surface area contributed by atoms with Gasteiger partial charge >= 0.3 is 6.09 Å². The average Bonchev–Trinajstić information content (AvgIpc) is 2.29. The number of ketones is 1. The second-order valence-electron chi connectivity index (χ2n) is 5.64. The summed E-state index contributed by atoms with van der Waals surface area (Å²) in [5.41, 5.74) is -0.504. The predicted octanol–water partition coefficient (Wildman–Crippen LogP) is 2.63. The van der Waals surface area contributed by atoms with Gasteiger partial charge in [0.05, 0.1) is 0 Å². The van der Waals surface area contributed by atoms with E-state index in [0.29, 0.717) is 26.0 Å². The van der Waals surface area contributed by atoms with Gasteiger partial charge in [-0.3, -0.25) is 4.79 Å². The zero-order chi connectivity index (χ0) is 14.9. The van der Waals surface area contributed by atoms with Crippen LogP contribution in [0.15, 0.2) is 0 Å². The first kappa shape index (κ1) is 17.9. The Morgan fingerprint density at radius 3 is 2.26 bits per heavy atom. The van der Waals surface area contributed by atoms with Crippen molar-refractivity contribution in [3.8, 4) is 0 Å². The van der Waals surface area contributed by atoms with Crippen LogP contribution in [-0.2, 0) is 14.3 Å². The number of amides is 1. The molecule has 0 saturated heterocycles. The van der Waals surface area contributed by atoms with Gasteiger partial charge in [0.25, 0.3) is 0 Å². The number of methoxy groups -OCH3 is 1. The van der Waals surface area contributed by atoms with E-state index in [-0.39, 0.29) is 11.9 Å². The topological polar surface area (TPSA) is 55.8 Å². The van der Waals surface area contributed by atoms with Gasteiger partial charge in [0.15, 0.2) is 0 Å². The molecule has 0 bridgehead atoms. The molecule has 0 radical (unpaired) electrons. The molecule has 0 atom stereocenters. The van der Waals surface area contributed by atoms with Gasteiger partial charge in [0.2, 0.25) is 0 Å². The summed E-state index contributed by atoms with van der Waals surface area (Å²) in [6, 6.07) is 0. The molecule has 5 heteroatoms. The zero-order valence-corrected chi connectivity index (χ0v) is 12.8. The van der Waals surface area contributed by atoms with E-state index in [4.69, 9.17) is 9.47 Å². The monoisotopic (exact) mass is 273 g/mol. The Hall–Kier alpha value is -1.10. The Labute approximate surface area is 116 Å². The van der Waals surface area contributed by atoms with Crippen molar-refractivity contribution in [2.75, 3.05) is 27.3 Å². The van der Waals surface area contributed by atoms with Crippen molar-refractivity contribution in [1.82, 2.24) is 4.90 Å². The van der Waals surface area contributed by atoms with Crippen LogP contribution in [0.3, 0.4) is 0 Å². The lowest BCUT2D eigenvalue weighted by Crippen LogP contribution is -2.35. The summed E-state index contributed by atoms with van der Waals surface area (Å²) >= 11 is 0. The highest BCUT2D eigenvalue weighted by molar-refractivity contribution is 5.79. The molecule has 0 heterocycles. The summed E-state index contributed by atoms with van der Waals surface area (Å²) in [6.45, 7) is 6.54. The summed E-state index contributed by atoms with van der Waals surface area (Å²) in [7, 11) is 3.30. The van der Waals surface area contributed by atoms with Crippen molar-refractivity contribution >= 4 is 11.9 Å². The maximum absolute atomic E-state index is 11.6. The minimum Gasteiger partial charge on any atom is -0.444 e. The highest BCUT2D eigenvalue weighted by atomic mass is 16.6. The maximum Gasteiger partial charge on any atom is 0.410 e. The number of carbonyl (C=O) groups is 2. The number of ether oxygens (including phenoxy) is 2. The highest BCUT2D eigenvalue weighted by Gasteiger charge is 2.19. The summed E-state index contributed by atoms with van der Waals surface area (Å²) in [4.78, 5) is 24.7. The van der Waals surface area contributed by atoms with Crippen LogP contribution in [0.1, 0.15) is 46.5 Å². The first-order chi connectivity index (χ1) is 8.76. The molecule has 5 nitrogen and oxygen atoms in total. The molecule has 19 heavy (non-hydrogen) atoms. The van der Waals surface area contributed by atoms with E-state index in [1.54, 1.807) is 14.2 Å². The summed E-state index contributed by atoms with van der Waals surface area (Å²) in [5, 5.41) is 0. The lowest BCUT2D eigenvalue weighted by atomic mass is 10.1. The van der Waals surface area contributed by atoms with E-state index in [1.807, 2.05) is 20.8 Å². The number of carbonyl (C=O) groups excluding carboxylic acids is 2. The van der Waals surface area contributed by atoms with E-state index < -0.39 is 5.60 Å². The van der Waals surface area contributed by atoms with Crippen molar-refractivity contribution in [3.05, 3.63) is 0 Å². The third kappa shape index (κ3) is 10.5. The number of nitrogens with zero attached hydrogens (tertiary/aromatic N) is 1. The Balaban J connectivity index is 3.80. The van der Waals surface area contributed by atoms with Crippen molar-refractivity contribution in [1.29, 1.82) is 0 Å². The van der Waals surface area contributed by atoms with Gasteiger partial charge in [-0.15, -0.1) is 0 Å². The molecular weight excluding hydrogens is 246 g/mol. The van der Waals surface area contributed by atoms with Gasteiger partial charge in [-0.25, -0.2) is 4.79 Å². The molecule has 0 fully saturated rings.